The van der Waals surface area contributed by atoms with Crippen molar-refractivity contribution in [2.45, 2.75) is 13.5 Å². The number of hydrogen-bond acceptors (Lipinski definition) is 7. The number of carbonyl (C=O) groups excluding carboxylic acids is 1. The van der Waals surface area contributed by atoms with Crippen LogP contribution in [0.4, 0.5) is 5.69 Å². The minimum Gasteiger partial charge on any atom is -0.383 e. The highest BCUT2D eigenvalue weighted by atomic mass is 32.2. The Hall–Kier alpha value is -2.20. The monoisotopic (exact) mass is 459 g/mol. The average molecular weight is 460 g/mol. The summed E-state index contributed by atoms with van der Waals surface area (Å²) in [5.74, 6) is -0.185. The third-order valence-corrected chi connectivity index (χ3v) is 6.87. The van der Waals surface area contributed by atoms with Gasteiger partial charge in [-0.1, -0.05) is 42.2 Å². The fourth-order valence-electron chi connectivity index (χ4n) is 3.99. The number of anilines is 1. The lowest BCUT2D eigenvalue weighted by molar-refractivity contribution is -0.122. The summed E-state index contributed by atoms with van der Waals surface area (Å²) in [5.41, 5.74) is 2.16. The van der Waals surface area contributed by atoms with Crippen molar-refractivity contribution < 1.29 is 14.3 Å². The number of rotatable bonds is 6. The Morgan fingerprint density at radius 1 is 1.23 bits per heavy atom. The zero-order chi connectivity index (χ0) is 22.0. The Morgan fingerprint density at radius 3 is 2.68 bits per heavy atom. The number of hydrogen-bond donors (Lipinski definition) is 0. The molecule has 3 heterocycles. The molecule has 2 aliphatic heterocycles. The molecule has 0 radical (unpaired) electrons. The number of thiocarbonyl (C=S) groups is 1. The summed E-state index contributed by atoms with van der Waals surface area (Å²) in [7, 11) is 1.59. The summed E-state index contributed by atoms with van der Waals surface area (Å²) in [6.45, 7) is 5.87. The fourth-order valence-corrected chi connectivity index (χ4v) is 5.28. The van der Waals surface area contributed by atoms with E-state index in [0.29, 0.717) is 60.8 Å². The number of aryl methyl sites for hydroxylation is 1. The number of nitrogens with zero attached hydrogens (tertiary/aromatic N) is 3. The number of morpholine rings is 1. The van der Waals surface area contributed by atoms with E-state index in [-0.39, 0.29) is 11.5 Å². The smallest absolute Gasteiger partial charge is 0.266 e. The number of amides is 1. The molecule has 0 N–H and O–H groups in total. The third kappa shape index (κ3) is 4.15. The number of ether oxygens (including phenoxy) is 2. The van der Waals surface area contributed by atoms with Crippen molar-refractivity contribution in [3.05, 3.63) is 45.1 Å². The first-order valence-electron chi connectivity index (χ1n) is 10.3. The quantitative estimate of drug-likeness (QED) is 0.486. The molecule has 0 bridgehead atoms. The van der Waals surface area contributed by atoms with Crippen LogP contribution < -0.4 is 10.5 Å². The maximum Gasteiger partial charge on any atom is 0.266 e. The molecule has 0 aliphatic carbocycles. The summed E-state index contributed by atoms with van der Waals surface area (Å²) in [6.07, 6.45) is 1.72. The van der Waals surface area contributed by atoms with Gasteiger partial charge >= 0.3 is 0 Å². The van der Waals surface area contributed by atoms with Gasteiger partial charge in [0.25, 0.3) is 11.5 Å². The molecular weight excluding hydrogens is 434 g/mol. The molecule has 0 atom stereocenters. The number of para-hydroxylation sites is 1. The van der Waals surface area contributed by atoms with E-state index in [0.717, 1.165) is 16.6 Å². The van der Waals surface area contributed by atoms with Gasteiger partial charge < -0.3 is 18.9 Å². The average Bonchev–Trinajstić information content (AvgIpc) is 3.06. The zero-order valence-electron chi connectivity index (χ0n) is 17.6. The first kappa shape index (κ1) is 22.0. The molecule has 2 aliphatic rings. The molecule has 1 aromatic heterocycles. The summed E-state index contributed by atoms with van der Waals surface area (Å²) in [5, 5.41) is 0.993. The van der Waals surface area contributed by atoms with E-state index >= 15 is 0 Å². The minimum absolute atomic E-state index is 0.107. The molecule has 2 fully saturated rings. The van der Waals surface area contributed by atoms with Gasteiger partial charge in [0.05, 0.1) is 48.0 Å². The van der Waals surface area contributed by atoms with E-state index in [1.54, 1.807) is 17.8 Å². The van der Waals surface area contributed by atoms with Crippen LogP contribution in [-0.2, 0) is 20.8 Å². The molecule has 0 unspecified atom stereocenters. The molecule has 7 nitrogen and oxygen atoms in total. The molecule has 0 saturated carbocycles. The molecular formula is C22H25N3O4S2. The van der Waals surface area contributed by atoms with Crippen molar-refractivity contribution >= 4 is 56.9 Å². The van der Waals surface area contributed by atoms with Gasteiger partial charge in [-0.15, -0.1) is 0 Å². The third-order valence-electron chi connectivity index (χ3n) is 5.49. The molecule has 0 spiro atoms. The molecule has 4 rings (SSSR count). The lowest BCUT2D eigenvalue weighted by Gasteiger charge is -2.31. The van der Waals surface area contributed by atoms with Crippen molar-refractivity contribution in [3.63, 3.8) is 0 Å². The van der Waals surface area contributed by atoms with Crippen LogP contribution >= 0.6 is 24.0 Å². The predicted octanol–water partition coefficient (Wildman–Crippen LogP) is 2.71. The van der Waals surface area contributed by atoms with Gasteiger partial charge in [-0.3, -0.25) is 14.5 Å². The van der Waals surface area contributed by atoms with Gasteiger partial charge in [-0.2, -0.15) is 0 Å². The minimum atomic E-state index is -0.185. The van der Waals surface area contributed by atoms with Crippen LogP contribution in [0, 0.1) is 0 Å². The van der Waals surface area contributed by atoms with E-state index < -0.39 is 0 Å². The maximum absolute atomic E-state index is 13.6. The largest absolute Gasteiger partial charge is 0.383 e. The summed E-state index contributed by atoms with van der Waals surface area (Å²) in [6, 6.07) is 7.92. The molecule has 164 valence electrons. The Balaban J connectivity index is 1.90. The maximum atomic E-state index is 13.6. The van der Waals surface area contributed by atoms with Crippen LogP contribution in [0.25, 0.3) is 17.0 Å². The van der Waals surface area contributed by atoms with Crippen LogP contribution in [0.2, 0.25) is 0 Å². The number of aromatic nitrogens is 1. The Morgan fingerprint density at radius 2 is 1.97 bits per heavy atom. The van der Waals surface area contributed by atoms with Crippen molar-refractivity contribution in [2.24, 2.45) is 0 Å². The number of thioether (sulfide) groups is 1. The Labute approximate surface area is 190 Å². The topological polar surface area (TPSA) is 64.0 Å². The highest BCUT2D eigenvalue weighted by molar-refractivity contribution is 8.26. The van der Waals surface area contributed by atoms with E-state index in [1.165, 1.54) is 16.7 Å². The highest BCUT2D eigenvalue weighted by Crippen LogP contribution is 2.36. The van der Waals surface area contributed by atoms with E-state index in [9.17, 15) is 9.59 Å². The Kier molecular flexibility index (Phi) is 6.76. The van der Waals surface area contributed by atoms with Crippen molar-refractivity contribution in [3.8, 4) is 0 Å². The zero-order valence-corrected chi connectivity index (χ0v) is 19.3. The molecule has 1 aromatic carbocycles. The lowest BCUT2D eigenvalue weighted by atomic mass is 10.1. The molecule has 9 heteroatoms. The number of carbonyl (C=O) groups is 1. The van der Waals surface area contributed by atoms with Crippen LogP contribution in [0.5, 0.6) is 0 Å². The van der Waals surface area contributed by atoms with Gasteiger partial charge in [-0.25, -0.2) is 0 Å². The van der Waals surface area contributed by atoms with Crippen LogP contribution in [0.3, 0.4) is 0 Å². The van der Waals surface area contributed by atoms with E-state index in [1.807, 2.05) is 31.2 Å². The predicted molar refractivity (Wildman–Crippen MR) is 129 cm³/mol. The number of methoxy groups -OCH3 is 1. The lowest BCUT2D eigenvalue weighted by Crippen LogP contribution is -2.38. The summed E-state index contributed by atoms with van der Waals surface area (Å²) < 4.78 is 12.9. The second-order valence-electron chi connectivity index (χ2n) is 7.25. The second-order valence-corrected chi connectivity index (χ2v) is 8.93. The van der Waals surface area contributed by atoms with Crippen LogP contribution in [-0.4, -0.2) is 66.3 Å². The van der Waals surface area contributed by atoms with Gasteiger partial charge in [-0.05, 0) is 19.1 Å². The fraction of sp³-hybridized carbons (Fsp3) is 0.409. The normalized spacial score (nSPS) is 18.6. The first-order valence-corrected chi connectivity index (χ1v) is 11.5. The van der Waals surface area contributed by atoms with Crippen molar-refractivity contribution in [1.82, 2.24) is 9.47 Å². The second kappa shape index (κ2) is 9.52. The summed E-state index contributed by atoms with van der Waals surface area (Å²) in [4.78, 5) is 30.8. The van der Waals surface area contributed by atoms with Crippen LogP contribution in [0.15, 0.2) is 34.0 Å². The van der Waals surface area contributed by atoms with Crippen molar-refractivity contribution in [2.75, 3.05) is 51.5 Å². The summed E-state index contributed by atoms with van der Waals surface area (Å²) >= 11 is 6.63. The first-order chi connectivity index (χ1) is 15.1. The van der Waals surface area contributed by atoms with Gasteiger partial charge in [0, 0.05) is 32.1 Å². The standard InChI is InChI=1S/C22H25N3O4S2/c1-3-24-17-7-5-4-6-15(17)19(23-8-12-29-13-9-23)16(20(24)26)14-18-21(27)25(10-11-28-2)22(30)31-18/h4-7,14H,3,8-13H2,1-2H3. The SMILES string of the molecule is CCn1c(=O)c(C=C2SC(=S)N(CCOC)C2=O)c(N2CCOCC2)c2ccccc21. The highest BCUT2D eigenvalue weighted by Gasteiger charge is 2.33. The molecule has 31 heavy (non-hydrogen) atoms. The van der Waals surface area contributed by atoms with Gasteiger partial charge in [0.1, 0.15) is 4.32 Å². The number of fused-ring (bicyclic) bond motifs is 1. The van der Waals surface area contributed by atoms with Crippen molar-refractivity contribution in [1.29, 1.82) is 0 Å². The van der Waals surface area contributed by atoms with Gasteiger partial charge in [0.2, 0.25) is 0 Å². The molecule has 2 aromatic rings. The molecule has 2 saturated heterocycles. The van der Waals surface area contributed by atoms with E-state index in [4.69, 9.17) is 21.7 Å². The van der Waals surface area contributed by atoms with Crippen LogP contribution in [0.1, 0.15) is 12.5 Å². The Bertz CT molecular complexity index is 1110. The molecule has 1 amide bonds. The van der Waals surface area contributed by atoms with E-state index in [2.05, 4.69) is 4.90 Å². The van der Waals surface area contributed by atoms with Gasteiger partial charge in [0.15, 0.2) is 0 Å². The number of benzene rings is 1. The number of pyridine rings is 1.